The van der Waals surface area contributed by atoms with Crippen LogP contribution in [0.25, 0.3) is 22.4 Å². The van der Waals surface area contributed by atoms with E-state index in [1.807, 2.05) is 36.5 Å². The SMILES string of the molecule is [2H]C([2H])([2H])c1ccc(-c2cc(C(C)(C)C)ccn2)cc1-c1cccc(C(C)(C)C)c1. The van der Waals surface area contributed by atoms with Crippen LogP contribution in [0.1, 0.15) is 62.3 Å². The van der Waals surface area contributed by atoms with Crippen molar-refractivity contribution < 1.29 is 4.11 Å². The predicted octanol–water partition coefficient (Wildman–Crippen LogP) is 7.32. The molecule has 3 aromatic rings. The molecule has 0 unspecified atom stereocenters. The van der Waals surface area contributed by atoms with Gasteiger partial charge in [0.2, 0.25) is 0 Å². The Morgan fingerprint density at radius 2 is 1.44 bits per heavy atom. The van der Waals surface area contributed by atoms with Gasteiger partial charge in [-0.2, -0.15) is 0 Å². The highest BCUT2D eigenvalue weighted by Gasteiger charge is 2.16. The molecule has 0 fully saturated rings. The van der Waals surface area contributed by atoms with Gasteiger partial charge >= 0.3 is 0 Å². The molecule has 0 N–H and O–H groups in total. The molecule has 2 aromatic carbocycles. The minimum absolute atomic E-state index is 0.0141. The molecule has 0 atom stereocenters. The van der Waals surface area contributed by atoms with Crippen LogP contribution in [-0.2, 0) is 10.8 Å². The van der Waals surface area contributed by atoms with Crippen molar-refractivity contribution in [1.29, 1.82) is 0 Å². The van der Waals surface area contributed by atoms with E-state index in [1.165, 1.54) is 11.1 Å². The molecule has 1 heterocycles. The van der Waals surface area contributed by atoms with Crippen LogP contribution >= 0.6 is 0 Å². The average molecular weight is 361 g/mol. The highest BCUT2D eigenvalue weighted by molar-refractivity contribution is 5.75. The Labute approximate surface area is 168 Å². The number of benzene rings is 2. The molecular formula is C26H31N. The topological polar surface area (TPSA) is 12.9 Å². The summed E-state index contributed by atoms with van der Waals surface area (Å²) in [6, 6.07) is 17.9. The second-order valence-electron chi connectivity index (χ2n) is 9.27. The second kappa shape index (κ2) is 6.96. The normalized spacial score (nSPS) is 14.4. The highest BCUT2D eigenvalue weighted by Crippen LogP contribution is 2.33. The zero-order valence-electron chi connectivity index (χ0n) is 20.2. The monoisotopic (exact) mass is 360 g/mol. The van der Waals surface area contributed by atoms with Crippen molar-refractivity contribution >= 4 is 0 Å². The molecule has 0 bridgehead atoms. The van der Waals surface area contributed by atoms with E-state index < -0.39 is 6.85 Å². The third-order valence-electron chi connectivity index (χ3n) is 4.98. The van der Waals surface area contributed by atoms with Gasteiger partial charge in [-0.1, -0.05) is 77.9 Å². The summed E-state index contributed by atoms with van der Waals surface area (Å²) in [5.74, 6) is 0. The summed E-state index contributed by atoms with van der Waals surface area (Å²) in [4.78, 5) is 4.57. The Balaban J connectivity index is 2.20. The van der Waals surface area contributed by atoms with Crippen molar-refractivity contribution in [1.82, 2.24) is 4.98 Å². The van der Waals surface area contributed by atoms with E-state index in [9.17, 15) is 0 Å². The van der Waals surface area contributed by atoms with Gasteiger partial charge in [0, 0.05) is 15.9 Å². The van der Waals surface area contributed by atoms with Crippen LogP contribution in [0.3, 0.4) is 0 Å². The maximum Gasteiger partial charge on any atom is 0.0705 e. The van der Waals surface area contributed by atoms with Crippen LogP contribution in [0.2, 0.25) is 0 Å². The number of rotatable bonds is 2. The first-order valence-corrected chi connectivity index (χ1v) is 9.49. The van der Waals surface area contributed by atoms with Gasteiger partial charge in [-0.05, 0) is 63.7 Å². The number of pyridine rings is 1. The minimum Gasteiger partial charge on any atom is -0.256 e. The van der Waals surface area contributed by atoms with Crippen molar-refractivity contribution in [2.75, 3.05) is 0 Å². The van der Waals surface area contributed by atoms with Crippen LogP contribution in [0.5, 0.6) is 0 Å². The molecular weight excluding hydrogens is 326 g/mol. The van der Waals surface area contributed by atoms with Gasteiger partial charge in [-0.25, -0.2) is 0 Å². The fourth-order valence-corrected chi connectivity index (χ4v) is 3.15. The number of hydrogen-bond acceptors (Lipinski definition) is 1. The molecule has 0 aliphatic heterocycles. The van der Waals surface area contributed by atoms with Gasteiger partial charge in [0.15, 0.2) is 0 Å². The summed E-state index contributed by atoms with van der Waals surface area (Å²) in [7, 11) is 0. The Bertz CT molecular complexity index is 1050. The van der Waals surface area contributed by atoms with Crippen LogP contribution in [-0.4, -0.2) is 4.98 Å². The largest absolute Gasteiger partial charge is 0.256 e. The van der Waals surface area contributed by atoms with Gasteiger partial charge in [0.25, 0.3) is 0 Å². The standard InChI is InChI=1S/C26H31N/c1-18-11-12-20(24-17-22(13-14-27-24)26(5,6)7)16-23(18)19-9-8-10-21(15-19)25(2,3)4/h8-17H,1-7H3/i1D3. The van der Waals surface area contributed by atoms with E-state index in [1.54, 1.807) is 6.07 Å². The molecule has 0 radical (unpaired) electrons. The third kappa shape index (κ3) is 4.30. The van der Waals surface area contributed by atoms with E-state index in [0.717, 1.165) is 22.4 Å². The quantitative estimate of drug-likeness (QED) is 0.466. The van der Waals surface area contributed by atoms with Gasteiger partial charge in [0.05, 0.1) is 5.69 Å². The van der Waals surface area contributed by atoms with Crippen molar-refractivity contribution in [2.24, 2.45) is 0 Å². The lowest BCUT2D eigenvalue weighted by Crippen LogP contribution is -2.11. The van der Waals surface area contributed by atoms with E-state index in [0.29, 0.717) is 5.56 Å². The van der Waals surface area contributed by atoms with E-state index >= 15 is 0 Å². The minimum atomic E-state index is -2.19. The lowest BCUT2D eigenvalue weighted by Gasteiger charge is -2.21. The molecule has 0 amide bonds. The first-order valence-electron chi connectivity index (χ1n) is 11.0. The van der Waals surface area contributed by atoms with Gasteiger partial charge in [-0.3, -0.25) is 4.98 Å². The van der Waals surface area contributed by atoms with Gasteiger partial charge < -0.3 is 0 Å². The summed E-state index contributed by atoms with van der Waals surface area (Å²) in [6.45, 7) is 10.8. The van der Waals surface area contributed by atoms with E-state index in [-0.39, 0.29) is 10.8 Å². The van der Waals surface area contributed by atoms with Crippen LogP contribution in [0.4, 0.5) is 0 Å². The molecule has 1 heteroatoms. The van der Waals surface area contributed by atoms with Crippen molar-refractivity contribution in [2.45, 2.75) is 59.2 Å². The molecule has 0 saturated heterocycles. The molecule has 1 aromatic heterocycles. The summed E-state index contributed by atoms with van der Waals surface area (Å²) < 4.78 is 24.1. The molecule has 0 saturated carbocycles. The average Bonchev–Trinajstić information content (AvgIpc) is 2.66. The van der Waals surface area contributed by atoms with Crippen LogP contribution in [0.15, 0.2) is 60.8 Å². The lowest BCUT2D eigenvalue weighted by molar-refractivity contribution is 0.589. The Kier molecular flexibility index (Phi) is 4.03. The highest BCUT2D eigenvalue weighted by atomic mass is 14.7. The van der Waals surface area contributed by atoms with Crippen molar-refractivity contribution in [3.8, 4) is 22.4 Å². The van der Waals surface area contributed by atoms with Crippen molar-refractivity contribution in [3.63, 3.8) is 0 Å². The number of hydrogen-bond donors (Lipinski definition) is 0. The predicted molar refractivity (Wildman–Crippen MR) is 117 cm³/mol. The second-order valence-corrected chi connectivity index (χ2v) is 9.27. The Hall–Kier alpha value is -2.41. The molecule has 0 aliphatic rings. The number of aryl methyl sites for hydroxylation is 1. The summed E-state index contributed by atoms with van der Waals surface area (Å²) >= 11 is 0. The van der Waals surface area contributed by atoms with E-state index in [2.05, 4.69) is 64.7 Å². The fourth-order valence-electron chi connectivity index (χ4n) is 3.15. The Morgan fingerprint density at radius 3 is 2.11 bits per heavy atom. The molecule has 3 rings (SSSR count). The molecule has 27 heavy (non-hydrogen) atoms. The first kappa shape index (κ1) is 15.6. The maximum absolute atomic E-state index is 8.05. The van der Waals surface area contributed by atoms with Gasteiger partial charge in [-0.15, -0.1) is 0 Å². The zero-order chi connectivity index (χ0) is 22.3. The first-order chi connectivity index (χ1) is 13.8. The van der Waals surface area contributed by atoms with Crippen LogP contribution in [0, 0.1) is 6.85 Å². The molecule has 0 aliphatic carbocycles. The maximum atomic E-state index is 8.05. The molecule has 0 spiro atoms. The summed E-state index contributed by atoms with van der Waals surface area (Å²) in [5, 5.41) is 0. The zero-order valence-corrected chi connectivity index (χ0v) is 17.2. The summed E-state index contributed by atoms with van der Waals surface area (Å²) in [6.07, 6.45) is 1.83. The molecule has 140 valence electrons. The summed E-state index contributed by atoms with van der Waals surface area (Å²) in [5.41, 5.74) is 6.17. The molecule has 1 nitrogen and oxygen atoms in total. The van der Waals surface area contributed by atoms with Gasteiger partial charge in [0.1, 0.15) is 0 Å². The fraction of sp³-hybridized carbons (Fsp3) is 0.346. The smallest absolute Gasteiger partial charge is 0.0705 e. The van der Waals surface area contributed by atoms with Crippen LogP contribution < -0.4 is 0 Å². The number of aromatic nitrogens is 1. The number of nitrogens with zero attached hydrogens (tertiary/aromatic N) is 1. The van der Waals surface area contributed by atoms with Crippen molar-refractivity contribution in [3.05, 3.63) is 77.5 Å². The third-order valence-corrected chi connectivity index (χ3v) is 4.98. The Morgan fingerprint density at radius 1 is 0.741 bits per heavy atom. The lowest BCUT2D eigenvalue weighted by atomic mass is 9.84. The van der Waals surface area contributed by atoms with E-state index in [4.69, 9.17) is 4.11 Å².